The topological polar surface area (TPSA) is 32.8 Å². The normalized spacial score (nSPS) is 19.4. The summed E-state index contributed by atoms with van der Waals surface area (Å²) in [5, 5.41) is 0. The molecule has 0 atom stereocenters. The molecule has 150 valence electrons. The van der Waals surface area contributed by atoms with E-state index >= 15 is 0 Å². The average molecular weight is 399 g/mol. The summed E-state index contributed by atoms with van der Waals surface area (Å²) < 4.78 is 6.05. The van der Waals surface area contributed by atoms with Gasteiger partial charge in [-0.3, -0.25) is 9.69 Å². The Morgan fingerprint density at radius 3 is 2.36 bits per heavy atom. The van der Waals surface area contributed by atoms with Gasteiger partial charge in [0.15, 0.2) is 0 Å². The van der Waals surface area contributed by atoms with Gasteiger partial charge in [0.1, 0.15) is 11.9 Å². The molecule has 1 aromatic heterocycles. The second kappa shape index (κ2) is 9.57. The number of carbonyl (C=O) groups excluding carboxylic acids is 1. The van der Waals surface area contributed by atoms with E-state index in [4.69, 9.17) is 4.74 Å². The summed E-state index contributed by atoms with van der Waals surface area (Å²) in [5.74, 6) is 1.11. The molecule has 0 spiro atoms. The highest BCUT2D eigenvalue weighted by atomic mass is 32.1. The lowest BCUT2D eigenvalue weighted by Gasteiger charge is -2.32. The molecule has 1 aromatic carbocycles. The van der Waals surface area contributed by atoms with Gasteiger partial charge in [-0.05, 0) is 50.2 Å². The first-order valence-electron chi connectivity index (χ1n) is 10.6. The molecule has 1 amide bonds. The molecule has 0 saturated carbocycles. The quantitative estimate of drug-likeness (QED) is 0.725. The van der Waals surface area contributed by atoms with Crippen molar-refractivity contribution in [2.24, 2.45) is 0 Å². The number of rotatable bonds is 5. The maximum Gasteiger partial charge on any atom is 0.263 e. The standard InChI is InChI=1S/C23H30N2O2S/c26-23(22-11-10-21(28-22)18-24-14-6-1-2-7-15-24)25-16-12-20(13-17-25)27-19-8-4-3-5-9-19/h3-5,8-11,20H,1-2,6-7,12-18H2. The third-order valence-electron chi connectivity index (χ3n) is 5.73. The van der Waals surface area contributed by atoms with Crippen molar-refractivity contribution in [2.75, 3.05) is 26.2 Å². The van der Waals surface area contributed by atoms with E-state index in [1.54, 1.807) is 11.3 Å². The molecule has 3 heterocycles. The van der Waals surface area contributed by atoms with Crippen LogP contribution in [0.25, 0.3) is 0 Å². The lowest BCUT2D eigenvalue weighted by atomic mass is 10.1. The first-order valence-corrected chi connectivity index (χ1v) is 11.4. The molecule has 0 bridgehead atoms. The van der Waals surface area contributed by atoms with Crippen LogP contribution in [0.3, 0.4) is 0 Å². The number of hydrogen-bond donors (Lipinski definition) is 0. The van der Waals surface area contributed by atoms with E-state index in [1.807, 2.05) is 41.3 Å². The molecule has 2 saturated heterocycles. The van der Waals surface area contributed by atoms with Gasteiger partial charge in [-0.25, -0.2) is 0 Å². The summed E-state index contributed by atoms with van der Waals surface area (Å²) in [6.45, 7) is 4.92. The molecular formula is C23H30N2O2S. The fourth-order valence-electron chi connectivity index (χ4n) is 4.12. The molecule has 28 heavy (non-hydrogen) atoms. The van der Waals surface area contributed by atoms with Crippen LogP contribution in [0.5, 0.6) is 5.75 Å². The number of para-hydroxylation sites is 1. The van der Waals surface area contributed by atoms with Gasteiger partial charge in [0.2, 0.25) is 0 Å². The zero-order valence-corrected chi connectivity index (χ0v) is 17.3. The van der Waals surface area contributed by atoms with Crippen molar-refractivity contribution >= 4 is 17.2 Å². The smallest absolute Gasteiger partial charge is 0.263 e. The summed E-state index contributed by atoms with van der Waals surface area (Å²) in [6.07, 6.45) is 7.31. The molecule has 4 rings (SSSR count). The summed E-state index contributed by atoms with van der Waals surface area (Å²) >= 11 is 1.67. The Bertz CT molecular complexity index is 745. The van der Waals surface area contributed by atoms with Gasteiger partial charge in [0, 0.05) is 37.4 Å². The summed E-state index contributed by atoms with van der Waals surface area (Å²) in [4.78, 5) is 19.6. The van der Waals surface area contributed by atoms with Gasteiger partial charge in [-0.15, -0.1) is 11.3 Å². The highest BCUT2D eigenvalue weighted by molar-refractivity contribution is 7.14. The minimum atomic E-state index is 0.185. The predicted molar refractivity (Wildman–Crippen MR) is 114 cm³/mol. The Hall–Kier alpha value is -1.85. The molecule has 0 aliphatic carbocycles. The van der Waals surface area contributed by atoms with Crippen LogP contribution in [-0.2, 0) is 6.54 Å². The van der Waals surface area contributed by atoms with Gasteiger partial charge in [-0.1, -0.05) is 31.0 Å². The molecule has 2 aliphatic heterocycles. The number of hydrogen-bond acceptors (Lipinski definition) is 4. The molecule has 2 aromatic rings. The van der Waals surface area contributed by atoms with E-state index < -0.39 is 0 Å². The Balaban J connectivity index is 1.27. The van der Waals surface area contributed by atoms with Crippen molar-refractivity contribution in [2.45, 2.75) is 51.2 Å². The summed E-state index contributed by atoms with van der Waals surface area (Å²) in [6, 6.07) is 14.1. The van der Waals surface area contributed by atoms with Crippen molar-refractivity contribution < 1.29 is 9.53 Å². The minimum absolute atomic E-state index is 0.185. The average Bonchev–Trinajstić information content (AvgIpc) is 3.04. The molecule has 0 unspecified atom stereocenters. The predicted octanol–water partition coefficient (Wildman–Crippen LogP) is 4.81. The fraction of sp³-hybridized carbons (Fsp3) is 0.522. The molecule has 4 nitrogen and oxygen atoms in total. The monoisotopic (exact) mass is 398 g/mol. The van der Waals surface area contributed by atoms with Crippen LogP contribution in [0.2, 0.25) is 0 Å². The number of amides is 1. The minimum Gasteiger partial charge on any atom is -0.490 e. The molecule has 5 heteroatoms. The maximum atomic E-state index is 12.9. The van der Waals surface area contributed by atoms with E-state index in [1.165, 1.54) is 43.6 Å². The molecule has 0 radical (unpaired) electrons. The van der Waals surface area contributed by atoms with Gasteiger partial charge >= 0.3 is 0 Å². The van der Waals surface area contributed by atoms with Gasteiger partial charge in [0.25, 0.3) is 5.91 Å². The third-order valence-corrected chi connectivity index (χ3v) is 6.78. The van der Waals surface area contributed by atoms with Gasteiger partial charge < -0.3 is 9.64 Å². The van der Waals surface area contributed by atoms with Crippen LogP contribution in [0.15, 0.2) is 42.5 Å². The molecule has 0 N–H and O–H groups in total. The van der Waals surface area contributed by atoms with Gasteiger partial charge in [0.05, 0.1) is 4.88 Å². The number of carbonyl (C=O) groups is 1. The number of ether oxygens (including phenoxy) is 1. The second-order valence-corrected chi connectivity index (χ2v) is 9.05. The first-order chi connectivity index (χ1) is 13.8. The fourth-order valence-corrected chi connectivity index (χ4v) is 5.13. The van der Waals surface area contributed by atoms with Crippen molar-refractivity contribution in [3.63, 3.8) is 0 Å². The van der Waals surface area contributed by atoms with Gasteiger partial charge in [-0.2, -0.15) is 0 Å². The summed E-state index contributed by atoms with van der Waals surface area (Å²) in [5.41, 5.74) is 0. The number of thiophene rings is 1. The largest absolute Gasteiger partial charge is 0.490 e. The van der Waals surface area contributed by atoms with E-state index in [-0.39, 0.29) is 12.0 Å². The van der Waals surface area contributed by atoms with Crippen LogP contribution in [0.1, 0.15) is 53.1 Å². The Morgan fingerprint density at radius 2 is 1.64 bits per heavy atom. The zero-order valence-electron chi connectivity index (χ0n) is 16.5. The number of likely N-dealkylation sites (tertiary alicyclic amines) is 2. The van der Waals surface area contributed by atoms with E-state index in [0.717, 1.165) is 43.1 Å². The van der Waals surface area contributed by atoms with E-state index in [0.29, 0.717) is 0 Å². The maximum absolute atomic E-state index is 12.9. The Morgan fingerprint density at radius 1 is 0.929 bits per heavy atom. The molecule has 2 aliphatic rings. The number of piperidine rings is 1. The highest BCUT2D eigenvalue weighted by Gasteiger charge is 2.25. The second-order valence-electron chi connectivity index (χ2n) is 7.88. The Labute approximate surface area is 172 Å². The van der Waals surface area contributed by atoms with Crippen LogP contribution < -0.4 is 4.74 Å². The molecular weight excluding hydrogens is 368 g/mol. The van der Waals surface area contributed by atoms with Crippen molar-refractivity contribution in [3.05, 3.63) is 52.2 Å². The number of nitrogens with zero attached hydrogens (tertiary/aromatic N) is 2. The van der Waals surface area contributed by atoms with Crippen LogP contribution >= 0.6 is 11.3 Å². The highest BCUT2D eigenvalue weighted by Crippen LogP contribution is 2.24. The van der Waals surface area contributed by atoms with E-state index in [9.17, 15) is 4.79 Å². The van der Waals surface area contributed by atoms with Crippen molar-refractivity contribution in [1.29, 1.82) is 0 Å². The lowest BCUT2D eigenvalue weighted by molar-refractivity contribution is 0.0600. The van der Waals surface area contributed by atoms with E-state index in [2.05, 4.69) is 11.0 Å². The van der Waals surface area contributed by atoms with Crippen LogP contribution in [-0.4, -0.2) is 48.0 Å². The lowest BCUT2D eigenvalue weighted by Crippen LogP contribution is -2.41. The SMILES string of the molecule is O=C(c1ccc(CN2CCCCCC2)s1)N1CCC(Oc2ccccc2)CC1. The Kier molecular flexibility index (Phi) is 6.65. The van der Waals surface area contributed by atoms with Crippen molar-refractivity contribution in [1.82, 2.24) is 9.80 Å². The summed E-state index contributed by atoms with van der Waals surface area (Å²) in [7, 11) is 0. The van der Waals surface area contributed by atoms with Crippen LogP contribution in [0.4, 0.5) is 0 Å². The van der Waals surface area contributed by atoms with Crippen LogP contribution in [0, 0.1) is 0 Å². The number of benzene rings is 1. The zero-order chi connectivity index (χ0) is 19.2. The molecule has 2 fully saturated rings. The first kappa shape index (κ1) is 19.5. The van der Waals surface area contributed by atoms with Crippen molar-refractivity contribution in [3.8, 4) is 5.75 Å². The third kappa shape index (κ3) is 5.15.